The van der Waals surface area contributed by atoms with Crippen molar-refractivity contribution in [2.45, 2.75) is 58.4 Å². The van der Waals surface area contributed by atoms with Gasteiger partial charge in [-0.15, -0.1) is 0 Å². The maximum Gasteiger partial charge on any atom is 0.221 e. The molecule has 4 N–H and O–H groups in total. The summed E-state index contributed by atoms with van der Waals surface area (Å²) in [4.78, 5) is 23.3. The number of carbonyl (C=O) groups is 2. The van der Waals surface area contributed by atoms with Crippen LogP contribution in [0.15, 0.2) is 0 Å². The number of carbonyl (C=O) groups excluding carboxylic acids is 2. The van der Waals surface area contributed by atoms with Crippen LogP contribution in [0.5, 0.6) is 0 Å². The van der Waals surface area contributed by atoms with E-state index in [1.807, 2.05) is 13.8 Å². The molecule has 0 aromatic carbocycles. The van der Waals surface area contributed by atoms with Crippen molar-refractivity contribution in [3.63, 3.8) is 0 Å². The predicted octanol–water partition coefficient (Wildman–Crippen LogP) is 0.927. The quantitative estimate of drug-likeness (QED) is 0.613. The lowest BCUT2D eigenvalue weighted by molar-refractivity contribution is -0.125. The van der Waals surface area contributed by atoms with E-state index < -0.39 is 0 Å². The minimum absolute atomic E-state index is 0.00756. The summed E-state index contributed by atoms with van der Waals surface area (Å²) >= 11 is 0. The van der Waals surface area contributed by atoms with Gasteiger partial charge in [-0.2, -0.15) is 0 Å². The van der Waals surface area contributed by atoms with Crippen molar-refractivity contribution >= 4 is 11.8 Å². The zero-order valence-electron chi connectivity index (χ0n) is 12.1. The molecule has 2 amide bonds. The number of nitrogens with two attached hydrogens (primary N) is 1. The molecule has 0 aliphatic heterocycles. The van der Waals surface area contributed by atoms with Gasteiger partial charge in [0, 0.05) is 25.4 Å². The molecule has 1 rings (SSSR count). The fraction of sp³-hybridized carbons (Fsp3) is 0.857. The van der Waals surface area contributed by atoms with Crippen molar-refractivity contribution in [1.29, 1.82) is 0 Å². The summed E-state index contributed by atoms with van der Waals surface area (Å²) in [5.74, 6) is 0.00771. The van der Waals surface area contributed by atoms with Crippen molar-refractivity contribution in [2.75, 3.05) is 13.1 Å². The first-order chi connectivity index (χ1) is 9.01. The average molecular weight is 269 g/mol. The Kier molecular flexibility index (Phi) is 6.28. The Morgan fingerprint density at radius 1 is 1.32 bits per heavy atom. The molecule has 5 heteroatoms. The maximum atomic E-state index is 11.8. The van der Waals surface area contributed by atoms with Crippen molar-refractivity contribution in [2.24, 2.45) is 11.1 Å². The Morgan fingerprint density at radius 2 is 2.00 bits per heavy atom. The Labute approximate surface area is 115 Å². The summed E-state index contributed by atoms with van der Waals surface area (Å²) in [6, 6.07) is 0.193. The summed E-state index contributed by atoms with van der Waals surface area (Å²) in [6.45, 7) is 4.98. The van der Waals surface area contributed by atoms with Crippen LogP contribution >= 0.6 is 0 Å². The lowest BCUT2D eigenvalue weighted by Gasteiger charge is -2.40. The Hall–Kier alpha value is -1.10. The molecule has 0 heterocycles. The van der Waals surface area contributed by atoms with Gasteiger partial charge in [0.15, 0.2) is 0 Å². The first-order valence-corrected chi connectivity index (χ1v) is 7.27. The van der Waals surface area contributed by atoms with Crippen LogP contribution in [0.1, 0.15) is 52.4 Å². The summed E-state index contributed by atoms with van der Waals surface area (Å²) in [5.41, 5.74) is 5.75. The van der Waals surface area contributed by atoms with E-state index in [1.165, 1.54) is 6.42 Å². The highest BCUT2D eigenvalue weighted by Crippen LogP contribution is 2.42. The van der Waals surface area contributed by atoms with Gasteiger partial charge in [-0.25, -0.2) is 0 Å². The fourth-order valence-corrected chi connectivity index (χ4v) is 2.30. The lowest BCUT2D eigenvalue weighted by atomic mass is 9.66. The number of hydrogen-bond acceptors (Lipinski definition) is 3. The molecular weight excluding hydrogens is 242 g/mol. The third-order valence-electron chi connectivity index (χ3n) is 4.08. The van der Waals surface area contributed by atoms with E-state index in [2.05, 4.69) is 10.6 Å². The maximum absolute atomic E-state index is 11.8. The van der Waals surface area contributed by atoms with Crippen molar-refractivity contribution in [3.8, 4) is 0 Å². The second kappa shape index (κ2) is 7.48. The van der Waals surface area contributed by atoms with E-state index in [-0.39, 0.29) is 23.3 Å². The van der Waals surface area contributed by atoms with Gasteiger partial charge in [-0.05, 0) is 38.1 Å². The van der Waals surface area contributed by atoms with Crippen LogP contribution in [-0.2, 0) is 9.59 Å². The van der Waals surface area contributed by atoms with Crippen molar-refractivity contribution in [3.05, 3.63) is 0 Å². The molecule has 0 spiro atoms. The molecule has 0 saturated heterocycles. The van der Waals surface area contributed by atoms with E-state index in [1.54, 1.807) is 0 Å². The zero-order chi connectivity index (χ0) is 14.3. The predicted molar refractivity (Wildman–Crippen MR) is 75.5 cm³/mol. The highest BCUT2D eigenvalue weighted by molar-refractivity contribution is 5.79. The van der Waals surface area contributed by atoms with Gasteiger partial charge in [-0.1, -0.05) is 13.3 Å². The van der Waals surface area contributed by atoms with Gasteiger partial charge in [0.2, 0.25) is 11.8 Å². The number of rotatable bonds is 8. The molecular formula is C14H27N3O2. The number of amides is 2. The third kappa shape index (κ3) is 5.19. The highest BCUT2D eigenvalue weighted by atomic mass is 16.2. The van der Waals surface area contributed by atoms with Crippen LogP contribution in [-0.4, -0.2) is 30.9 Å². The SMILES string of the molecule is CCC(C)NC(=O)CCNC(=O)CC1(CN)CCC1. The molecule has 0 aromatic rings. The number of hydrogen-bond donors (Lipinski definition) is 3. The number of nitrogens with one attached hydrogen (secondary N) is 2. The first-order valence-electron chi connectivity index (χ1n) is 7.27. The van der Waals surface area contributed by atoms with Crippen LogP contribution in [0, 0.1) is 5.41 Å². The van der Waals surface area contributed by atoms with Gasteiger partial charge < -0.3 is 16.4 Å². The van der Waals surface area contributed by atoms with Gasteiger partial charge in [0.1, 0.15) is 0 Å². The van der Waals surface area contributed by atoms with Crippen molar-refractivity contribution < 1.29 is 9.59 Å². The zero-order valence-corrected chi connectivity index (χ0v) is 12.1. The van der Waals surface area contributed by atoms with Gasteiger partial charge in [0.05, 0.1) is 0 Å². The Morgan fingerprint density at radius 3 is 2.47 bits per heavy atom. The highest BCUT2D eigenvalue weighted by Gasteiger charge is 2.37. The molecule has 1 fully saturated rings. The van der Waals surface area contributed by atoms with E-state index in [0.29, 0.717) is 25.9 Å². The second-order valence-electron chi connectivity index (χ2n) is 5.71. The molecule has 1 aliphatic carbocycles. The second-order valence-corrected chi connectivity index (χ2v) is 5.71. The van der Waals surface area contributed by atoms with E-state index in [0.717, 1.165) is 19.3 Å². The molecule has 0 bridgehead atoms. The molecule has 1 atom stereocenters. The normalized spacial score (nSPS) is 18.3. The summed E-state index contributed by atoms with van der Waals surface area (Å²) in [7, 11) is 0. The average Bonchev–Trinajstić information content (AvgIpc) is 2.33. The van der Waals surface area contributed by atoms with Gasteiger partial charge >= 0.3 is 0 Å². The van der Waals surface area contributed by atoms with Gasteiger partial charge in [0.25, 0.3) is 0 Å². The molecule has 0 aromatic heterocycles. The molecule has 1 saturated carbocycles. The third-order valence-corrected chi connectivity index (χ3v) is 4.08. The van der Waals surface area contributed by atoms with E-state index in [9.17, 15) is 9.59 Å². The fourth-order valence-electron chi connectivity index (χ4n) is 2.30. The molecule has 1 unspecified atom stereocenters. The standard InChI is InChI=1S/C14H27N3O2/c1-3-11(2)17-12(18)5-8-16-13(19)9-14(10-15)6-4-7-14/h11H,3-10,15H2,1-2H3,(H,16,19)(H,17,18). The lowest BCUT2D eigenvalue weighted by Crippen LogP contribution is -2.42. The summed E-state index contributed by atoms with van der Waals surface area (Å²) < 4.78 is 0. The van der Waals surface area contributed by atoms with Crippen molar-refractivity contribution in [1.82, 2.24) is 10.6 Å². The van der Waals surface area contributed by atoms with E-state index >= 15 is 0 Å². The Balaban J connectivity index is 2.15. The monoisotopic (exact) mass is 269 g/mol. The molecule has 19 heavy (non-hydrogen) atoms. The first kappa shape index (κ1) is 16.0. The van der Waals surface area contributed by atoms with Crippen LogP contribution < -0.4 is 16.4 Å². The van der Waals surface area contributed by atoms with Crippen LogP contribution in [0.2, 0.25) is 0 Å². The topological polar surface area (TPSA) is 84.2 Å². The summed E-state index contributed by atoms with van der Waals surface area (Å²) in [5, 5.41) is 5.68. The molecule has 0 radical (unpaired) electrons. The molecule has 5 nitrogen and oxygen atoms in total. The minimum atomic E-state index is -0.00756. The largest absolute Gasteiger partial charge is 0.356 e. The molecule has 1 aliphatic rings. The molecule has 110 valence electrons. The van der Waals surface area contributed by atoms with Gasteiger partial charge in [-0.3, -0.25) is 9.59 Å². The minimum Gasteiger partial charge on any atom is -0.356 e. The smallest absolute Gasteiger partial charge is 0.221 e. The van der Waals surface area contributed by atoms with Crippen LogP contribution in [0.4, 0.5) is 0 Å². The van der Waals surface area contributed by atoms with Crippen LogP contribution in [0.25, 0.3) is 0 Å². The Bertz CT molecular complexity index is 308. The van der Waals surface area contributed by atoms with E-state index in [4.69, 9.17) is 5.73 Å². The van der Waals surface area contributed by atoms with Crippen LogP contribution in [0.3, 0.4) is 0 Å². The summed E-state index contributed by atoms with van der Waals surface area (Å²) in [6.07, 6.45) is 5.01.